The van der Waals surface area contributed by atoms with Gasteiger partial charge in [0.2, 0.25) is 5.95 Å². The summed E-state index contributed by atoms with van der Waals surface area (Å²) >= 11 is 5.36. The molecule has 1 aromatic heterocycles. The van der Waals surface area contributed by atoms with Crippen molar-refractivity contribution in [3.8, 4) is 0 Å². The fraction of sp³-hybridized carbons (Fsp3) is 0.500. The highest BCUT2D eigenvalue weighted by atomic mass is 35.5. The smallest absolute Gasteiger partial charge is 0.282 e. The van der Waals surface area contributed by atoms with Gasteiger partial charge < -0.3 is 0 Å². The zero-order chi connectivity index (χ0) is 22.9. The molecule has 5 nitrogen and oxygen atoms in total. The summed E-state index contributed by atoms with van der Waals surface area (Å²) in [6, 6.07) is 6.71. The molecular formula is C20H24ClF4N3O2. The SMILES string of the molecule is CC(CC(C)(C)C)c1ccccc1N(COCl)C(=O)c1c(C(F)(F)F)nn(C)c1F. The molecular weight excluding hydrogens is 426 g/mol. The Labute approximate surface area is 177 Å². The van der Waals surface area contributed by atoms with Gasteiger partial charge in [0.05, 0.1) is 11.9 Å². The number of alkyl halides is 3. The summed E-state index contributed by atoms with van der Waals surface area (Å²) in [5.74, 6) is -2.69. The maximum absolute atomic E-state index is 14.5. The van der Waals surface area contributed by atoms with Crippen molar-refractivity contribution in [2.75, 3.05) is 11.6 Å². The molecule has 0 aliphatic heterocycles. The molecule has 0 spiro atoms. The zero-order valence-electron chi connectivity index (χ0n) is 17.3. The van der Waals surface area contributed by atoms with Gasteiger partial charge in [-0.1, -0.05) is 45.9 Å². The van der Waals surface area contributed by atoms with E-state index in [4.69, 9.17) is 11.9 Å². The van der Waals surface area contributed by atoms with Crippen LogP contribution in [0.15, 0.2) is 24.3 Å². The minimum Gasteiger partial charge on any atom is -0.282 e. The number of carbonyl (C=O) groups is 1. The van der Waals surface area contributed by atoms with Crippen LogP contribution >= 0.6 is 11.9 Å². The summed E-state index contributed by atoms with van der Waals surface area (Å²) in [6.45, 7) is 7.53. The standard InChI is InChI=1S/C20H24ClF4N3O2/c1-12(10-19(2,3)4)13-8-6-7-9-14(13)28(11-30-21)18(29)15-16(20(23,24)25)26-27(5)17(15)22/h6-9,12H,10-11H2,1-5H3. The summed E-state index contributed by atoms with van der Waals surface area (Å²) in [7, 11) is 0.989. The summed E-state index contributed by atoms with van der Waals surface area (Å²) in [5, 5.41) is 3.14. The first-order valence-corrected chi connectivity index (χ1v) is 9.52. The van der Waals surface area contributed by atoms with E-state index >= 15 is 0 Å². The second kappa shape index (κ2) is 8.93. The average Bonchev–Trinajstić information content (AvgIpc) is 2.93. The van der Waals surface area contributed by atoms with Crippen molar-refractivity contribution in [1.82, 2.24) is 9.78 Å². The predicted octanol–water partition coefficient (Wildman–Crippen LogP) is 5.89. The van der Waals surface area contributed by atoms with E-state index in [0.29, 0.717) is 10.2 Å². The third-order valence-electron chi connectivity index (χ3n) is 4.56. The van der Waals surface area contributed by atoms with Crippen LogP contribution in [0.5, 0.6) is 0 Å². The summed E-state index contributed by atoms with van der Waals surface area (Å²) in [4.78, 5) is 14.0. The molecule has 0 bridgehead atoms. The topological polar surface area (TPSA) is 47.4 Å². The van der Waals surface area contributed by atoms with Crippen LogP contribution in [0.1, 0.15) is 61.6 Å². The lowest BCUT2D eigenvalue weighted by Crippen LogP contribution is -2.35. The number of para-hydroxylation sites is 1. The van der Waals surface area contributed by atoms with E-state index in [1.165, 1.54) is 0 Å². The first kappa shape index (κ1) is 24.1. The second-order valence-corrected chi connectivity index (χ2v) is 8.55. The molecule has 2 rings (SSSR count). The highest BCUT2D eigenvalue weighted by Crippen LogP contribution is 2.38. The van der Waals surface area contributed by atoms with Crippen molar-refractivity contribution >= 4 is 23.5 Å². The molecule has 0 saturated carbocycles. The summed E-state index contributed by atoms with van der Waals surface area (Å²) < 4.78 is 59.5. The molecule has 0 aliphatic rings. The highest BCUT2D eigenvalue weighted by molar-refractivity contribution is 6.09. The number of hydrogen-bond donors (Lipinski definition) is 0. The molecule has 0 aliphatic carbocycles. The maximum Gasteiger partial charge on any atom is 0.436 e. The number of aromatic nitrogens is 2. The lowest BCUT2D eigenvalue weighted by atomic mass is 9.82. The van der Waals surface area contributed by atoms with Crippen LogP contribution in [0, 0.1) is 11.4 Å². The molecule has 1 amide bonds. The number of carbonyl (C=O) groups excluding carboxylic acids is 1. The Hall–Kier alpha value is -2.13. The van der Waals surface area contributed by atoms with Gasteiger partial charge >= 0.3 is 6.18 Å². The van der Waals surface area contributed by atoms with E-state index in [1.54, 1.807) is 24.3 Å². The number of rotatable bonds is 6. The van der Waals surface area contributed by atoms with Crippen molar-refractivity contribution in [2.24, 2.45) is 12.5 Å². The molecule has 1 heterocycles. The van der Waals surface area contributed by atoms with Gasteiger partial charge in [0.15, 0.2) is 5.69 Å². The number of benzene rings is 1. The predicted molar refractivity (Wildman–Crippen MR) is 106 cm³/mol. The van der Waals surface area contributed by atoms with Crippen LogP contribution < -0.4 is 4.90 Å². The monoisotopic (exact) mass is 449 g/mol. The Balaban J connectivity index is 2.59. The van der Waals surface area contributed by atoms with Gasteiger partial charge in [0.1, 0.15) is 12.3 Å². The van der Waals surface area contributed by atoms with Crippen LogP contribution in [0.2, 0.25) is 0 Å². The molecule has 0 radical (unpaired) electrons. The van der Waals surface area contributed by atoms with E-state index < -0.39 is 36.0 Å². The van der Waals surface area contributed by atoms with Gasteiger partial charge in [-0.25, -0.2) is 4.68 Å². The summed E-state index contributed by atoms with van der Waals surface area (Å²) in [5.41, 5.74) is -1.84. The number of halogens is 5. The Morgan fingerprint density at radius 1 is 1.27 bits per heavy atom. The van der Waals surface area contributed by atoms with Crippen LogP contribution in [-0.2, 0) is 17.5 Å². The van der Waals surface area contributed by atoms with E-state index in [9.17, 15) is 22.4 Å². The fourth-order valence-electron chi connectivity index (χ4n) is 3.49. The van der Waals surface area contributed by atoms with Crippen molar-refractivity contribution in [2.45, 2.75) is 46.2 Å². The van der Waals surface area contributed by atoms with Crippen LogP contribution in [0.3, 0.4) is 0 Å². The minimum atomic E-state index is -5.01. The molecule has 166 valence electrons. The molecule has 0 fully saturated rings. The van der Waals surface area contributed by atoms with Gasteiger partial charge in [-0.05, 0) is 29.4 Å². The van der Waals surface area contributed by atoms with Crippen LogP contribution in [0.25, 0.3) is 0 Å². The first-order chi connectivity index (χ1) is 13.8. The average molecular weight is 450 g/mol. The molecule has 0 N–H and O–H groups in total. The largest absolute Gasteiger partial charge is 0.436 e. The van der Waals surface area contributed by atoms with Crippen LogP contribution in [0.4, 0.5) is 23.2 Å². The number of amides is 1. The number of anilines is 1. The van der Waals surface area contributed by atoms with Gasteiger partial charge in [-0.15, -0.1) is 0 Å². The van der Waals surface area contributed by atoms with Crippen molar-refractivity contribution in [1.29, 1.82) is 0 Å². The van der Waals surface area contributed by atoms with Gasteiger partial charge in [-0.3, -0.25) is 14.0 Å². The Morgan fingerprint density at radius 3 is 2.40 bits per heavy atom. The van der Waals surface area contributed by atoms with E-state index in [0.717, 1.165) is 18.4 Å². The fourth-order valence-corrected chi connectivity index (χ4v) is 3.59. The van der Waals surface area contributed by atoms with Crippen molar-refractivity contribution in [3.63, 3.8) is 0 Å². The van der Waals surface area contributed by atoms with E-state index in [1.807, 2.05) is 6.92 Å². The van der Waals surface area contributed by atoms with E-state index in [2.05, 4.69) is 30.2 Å². The van der Waals surface area contributed by atoms with Gasteiger partial charge in [0, 0.05) is 12.7 Å². The van der Waals surface area contributed by atoms with Gasteiger partial charge in [-0.2, -0.15) is 22.7 Å². The minimum absolute atomic E-state index is 0.0384. The lowest BCUT2D eigenvalue weighted by molar-refractivity contribution is -0.141. The van der Waals surface area contributed by atoms with Gasteiger partial charge in [0.25, 0.3) is 5.91 Å². The third kappa shape index (κ3) is 5.31. The Morgan fingerprint density at radius 2 is 1.87 bits per heavy atom. The van der Waals surface area contributed by atoms with E-state index in [-0.39, 0.29) is 17.0 Å². The second-order valence-electron chi connectivity index (χ2n) is 8.33. The molecule has 0 saturated heterocycles. The third-order valence-corrected chi connectivity index (χ3v) is 4.66. The molecule has 1 atom stereocenters. The molecule has 1 unspecified atom stereocenters. The first-order valence-electron chi connectivity index (χ1n) is 9.22. The normalized spacial score (nSPS) is 13.4. The lowest BCUT2D eigenvalue weighted by Gasteiger charge is -2.29. The Kier molecular flexibility index (Phi) is 7.19. The summed E-state index contributed by atoms with van der Waals surface area (Å²) in [6.07, 6.45) is -4.28. The van der Waals surface area contributed by atoms with Crippen LogP contribution in [-0.4, -0.2) is 22.4 Å². The molecule has 10 heteroatoms. The Bertz CT molecular complexity index is 906. The highest BCUT2D eigenvalue weighted by Gasteiger charge is 2.43. The zero-order valence-corrected chi connectivity index (χ0v) is 18.1. The molecule has 30 heavy (non-hydrogen) atoms. The molecule has 2 aromatic rings. The maximum atomic E-state index is 14.5. The number of aryl methyl sites for hydroxylation is 1. The molecule has 1 aromatic carbocycles. The van der Waals surface area contributed by atoms with Crippen molar-refractivity contribution in [3.05, 3.63) is 47.0 Å². The van der Waals surface area contributed by atoms with Crippen molar-refractivity contribution < 1.29 is 26.6 Å². The quantitative estimate of drug-likeness (QED) is 0.408. The number of hydrogen-bond acceptors (Lipinski definition) is 3. The number of nitrogens with zero attached hydrogens (tertiary/aromatic N) is 3.